The fourth-order valence-electron chi connectivity index (χ4n) is 3.60. The van der Waals surface area contributed by atoms with Crippen LogP contribution in [0, 0.1) is 0 Å². The van der Waals surface area contributed by atoms with E-state index in [1.807, 2.05) is 0 Å². The summed E-state index contributed by atoms with van der Waals surface area (Å²) in [7, 11) is 0. The van der Waals surface area contributed by atoms with Gasteiger partial charge in [-0.05, 0) is 44.2 Å². The molecule has 3 aromatic heterocycles. The normalized spacial score (nSPS) is 14.2. The smallest absolute Gasteiger partial charge is 0.309 e. The van der Waals surface area contributed by atoms with E-state index in [1.165, 1.54) is 38.0 Å². The van der Waals surface area contributed by atoms with Crippen LogP contribution < -0.4 is 16.7 Å². The molecule has 1 aliphatic rings. The van der Waals surface area contributed by atoms with Gasteiger partial charge in [0, 0.05) is 31.2 Å². The quantitative estimate of drug-likeness (QED) is 0.502. The van der Waals surface area contributed by atoms with Crippen LogP contribution in [0.5, 0.6) is 0 Å². The highest BCUT2D eigenvalue weighted by atomic mass is 16.2. The highest BCUT2D eigenvalue weighted by molar-refractivity contribution is 5.38. The second-order valence-electron chi connectivity index (χ2n) is 7.10. The average molecular weight is 378 g/mol. The van der Waals surface area contributed by atoms with E-state index < -0.39 is 11.1 Å². The Bertz CT molecular complexity index is 1220. The first kappa shape index (κ1) is 18.2. The number of rotatable bonds is 5. The zero-order valence-corrected chi connectivity index (χ0v) is 15.6. The van der Waals surface area contributed by atoms with Crippen LogP contribution in [0.4, 0.5) is 0 Å². The largest absolute Gasteiger partial charge is 0.316 e. The molecule has 0 aromatic carbocycles. The van der Waals surface area contributed by atoms with Crippen molar-refractivity contribution in [3.63, 3.8) is 0 Å². The van der Waals surface area contributed by atoms with Gasteiger partial charge in [-0.3, -0.25) is 18.8 Å². The van der Waals surface area contributed by atoms with E-state index >= 15 is 0 Å². The van der Waals surface area contributed by atoms with E-state index in [4.69, 9.17) is 0 Å². The maximum absolute atomic E-state index is 12.5. The maximum Gasteiger partial charge on any atom is 0.316 e. The van der Waals surface area contributed by atoms with Gasteiger partial charge in [0.2, 0.25) is 0 Å². The second kappa shape index (κ2) is 7.80. The third-order valence-electron chi connectivity index (χ3n) is 5.15. The van der Waals surface area contributed by atoms with Crippen LogP contribution in [-0.2, 0) is 13.1 Å². The fourth-order valence-corrected chi connectivity index (χ4v) is 3.60. The molecule has 4 rings (SSSR count). The van der Waals surface area contributed by atoms with Crippen molar-refractivity contribution in [3.05, 3.63) is 91.3 Å². The summed E-state index contributed by atoms with van der Waals surface area (Å²) in [6, 6.07) is 6.66. The Labute approximate surface area is 161 Å². The number of pyridine rings is 1. The van der Waals surface area contributed by atoms with E-state index in [9.17, 15) is 14.4 Å². The first-order valence-electron chi connectivity index (χ1n) is 9.57. The Morgan fingerprint density at radius 2 is 1.79 bits per heavy atom. The molecule has 3 heterocycles. The number of nitrogens with zero attached hydrogens (tertiary/aromatic N) is 4. The topological polar surface area (TPSA) is 78.4 Å². The molecule has 0 saturated heterocycles. The van der Waals surface area contributed by atoms with Crippen molar-refractivity contribution in [2.45, 2.75) is 45.2 Å². The molecule has 0 bridgehead atoms. The number of aryl methyl sites for hydroxylation is 1. The van der Waals surface area contributed by atoms with E-state index in [0.29, 0.717) is 17.9 Å². The van der Waals surface area contributed by atoms with Gasteiger partial charge in [-0.15, -0.1) is 0 Å². The van der Waals surface area contributed by atoms with Crippen LogP contribution >= 0.6 is 0 Å². The zero-order valence-electron chi connectivity index (χ0n) is 15.6. The van der Waals surface area contributed by atoms with E-state index in [-0.39, 0.29) is 12.1 Å². The van der Waals surface area contributed by atoms with Gasteiger partial charge >= 0.3 is 11.1 Å². The molecule has 0 aliphatic heterocycles. The van der Waals surface area contributed by atoms with Gasteiger partial charge in [0.25, 0.3) is 5.56 Å². The second-order valence-corrected chi connectivity index (χ2v) is 7.10. The van der Waals surface area contributed by atoms with Gasteiger partial charge in [-0.25, -0.2) is 4.98 Å². The Morgan fingerprint density at radius 3 is 2.61 bits per heavy atom. The Balaban J connectivity index is 1.57. The summed E-state index contributed by atoms with van der Waals surface area (Å²) in [6.07, 6.45) is 12.5. The van der Waals surface area contributed by atoms with Crippen molar-refractivity contribution in [3.8, 4) is 0 Å². The molecular weight excluding hydrogens is 356 g/mol. The Hall–Kier alpha value is -3.22. The van der Waals surface area contributed by atoms with Crippen molar-refractivity contribution in [2.24, 2.45) is 0 Å². The van der Waals surface area contributed by atoms with Gasteiger partial charge < -0.3 is 9.13 Å². The molecule has 0 amide bonds. The molecule has 3 aromatic rings. The first-order chi connectivity index (χ1) is 13.6. The van der Waals surface area contributed by atoms with Crippen molar-refractivity contribution >= 4 is 5.65 Å². The molecule has 7 heteroatoms. The van der Waals surface area contributed by atoms with Crippen LogP contribution in [0.25, 0.3) is 5.65 Å². The van der Waals surface area contributed by atoms with Crippen LogP contribution in [0.1, 0.15) is 37.8 Å². The molecule has 0 fully saturated rings. The highest BCUT2D eigenvalue weighted by Gasteiger charge is 2.09. The Kier molecular flexibility index (Phi) is 5.06. The van der Waals surface area contributed by atoms with Crippen LogP contribution in [0.15, 0.2) is 68.9 Å². The number of fused-ring (bicyclic) bond motifs is 1. The van der Waals surface area contributed by atoms with E-state index in [1.54, 1.807) is 36.8 Å². The molecule has 0 N–H and O–H groups in total. The summed E-state index contributed by atoms with van der Waals surface area (Å²) in [5.41, 5.74) is 0.951. The summed E-state index contributed by atoms with van der Waals surface area (Å²) < 4.78 is 4.21. The summed E-state index contributed by atoms with van der Waals surface area (Å²) in [6.45, 7) is 0.594. The predicted octanol–water partition coefficient (Wildman–Crippen LogP) is 1.96. The summed E-state index contributed by atoms with van der Waals surface area (Å²) in [5, 5.41) is 0. The maximum atomic E-state index is 12.5. The van der Waals surface area contributed by atoms with Crippen molar-refractivity contribution in [1.29, 1.82) is 0 Å². The molecule has 0 spiro atoms. The summed E-state index contributed by atoms with van der Waals surface area (Å²) >= 11 is 0. The van der Waals surface area contributed by atoms with Crippen molar-refractivity contribution in [1.82, 2.24) is 18.5 Å². The lowest BCUT2D eigenvalue weighted by Gasteiger charge is -2.14. The molecule has 7 nitrogen and oxygen atoms in total. The molecule has 28 heavy (non-hydrogen) atoms. The third kappa shape index (κ3) is 3.74. The molecule has 144 valence electrons. The Morgan fingerprint density at radius 1 is 0.964 bits per heavy atom. The van der Waals surface area contributed by atoms with Crippen molar-refractivity contribution in [2.75, 3.05) is 0 Å². The monoisotopic (exact) mass is 378 g/mol. The van der Waals surface area contributed by atoms with Gasteiger partial charge in [-0.1, -0.05) is 17.7 Å². The predicted molar refractivity (Wildman–Crippen MR) is 107 cm³/mol. The number of hydrogen-bond acceptors (Lipinski definition) is 4. The van der Waals surface area contributed by atoms with Gasteiger partial charge in [-0.2, -0.15) is 0 Å². The number of aromatic nitrogens is 4. The molecule has 0 radical (unpaired) electrons. The average Bonchev–Trinajstić information content (AvgIpc) is 2.72. The lowest BCUT2D eigenvalue weighted by molar-refractivity contribution is 0.591. The van der Waals surface area contributed by atoms with Gasteiger partial charge in [0.1, 0.15) is 5.65 Å². The first-order valence-corrected chi connectivity index (χ1v) is 9.57. The van der Waals surface area contributed by atoms with Crippen LogP contribution in [0.3, 0.4) is 0 Å². The van der Waals surface area contributed by atoms with Crippen LogP contribution in [0.2, 0.25) is 0 Å². The highest BCUT2D eigenvalue weighted by Crippen LogP contribution is 2.20. The van der Waals surface area contributed by atoms with Gasteiger partial charge in [0.05, 0.1) is 12.2 Å². The van der Waals surface area contributed by atoms with Crippen LogP contribution in [-0.4, -0.2) is 18.5 Å². The molecule has 0 saturated carbocycles. The van der Waals surface area contributed by atoms with Crippen molar-refractivity contribution < 1.29 is 0 Å². The standard InChI is InChI=1S/C21H22N4O3/c26-19-14-17(22-18-8-4-5-10-25(18)19)15-24-13-12-23(20(27)21(24)28)11-9-16-6-2-1-3-7-16/h4-6,8,10,12-14H,1-3,7,9,11,15H2. The minimum absolute atomic E-state index is 0.0840. The minimum atomic E-state index is -0.602. The molecular formula is C21H22N4O3. The van der Waals surface area contributed by atoms with E-state index in [0.717, 1.165) is 19.3 Å². The third-order valence-corrected chi connectivity index (χ3v) is 5.15. The summed E-state index contributed by atoms with van der Waals surface area (Å²) in [5.74, 6) is 0. The minimum Gasteiger partial charge on any atom is -0.309 e. The zero-order chi connectivity index (χ0) is 19.5. The molecule has 0 atom stereocenters. The van der Waals surface area contributed by atoms with Gasteiger partial charge in [0.15, 0.2) is 0 Å². The SMILES string of the molecule is O=c1c(=O)n(Cc2cc(=O)n3ccccc3n2)ccn1CCC1=CCCCC1. The fraction of sp³-hybridized carbons (Fsp3) is 0.333. The molecule has 0 unspecified atom stereocenters. The lowest BCUT2D eigenvalue weighted by Crippen LogP contribution is -2.41. The van der Waals surface area contributed by atoms with E-state index in [2.05, 4.69) is 11.1 Å². The molecule has 1 aliphatic carbocycles. The lowest BCUT2D eigenvalue weighted by atomic mass is 9.97. The number of hydrogen-bond donors (Lipinski definition) is 0. The number of allylic oxidation sites excluding steroid dienone is 2. The summed E-state index contributed by atoms with van der Waals surface area (Å²) in [4.78, 5) is 41.6.